The minimum atomic E-state index is -1.61. The van der Waals surface area contributed by atoms with Crippen molar-refractivity contribution >= 4 is 8.32 Å². The second kappa shape index (κ2) is 4.88. The highest BCUT2D eigenvalue weighted by atomic mass is 28.4. The monoisotopic (exact) mass is 238 g/mol. The van der Waals surface area contributed by atoms with Crippen LogP contribution in [0.4, 0.5) is 0 Å². The molecule has 0 unspecified atom stereocenters. The summed E-state index contributed by atoms with van der Waals surface area (Å²) in [5.74, 6) is 0. The molecule has 0 amide bonds. The molecule has 0 aromatic heterocycles. The molecular weight excluding hydrogens is 212 g/mol. The first kappa shape index (κ1) is 13.7. The summed E-state index contributed by atoms with van der Waals surface area (Å²) in [6.45, 7) is 15.4. The molecule has 1 nitrogen and oxygen atoms in total. The Bertz CT molecular complexity index is 284. The van der Waals surface area contributed by atoms with E-state index in [1.54, 1.807) is 0 Å². The number of allylic oxidation sites excluding steroid dienone is 2. The molecule has 0 heterocycles. The van der Waals surface area contributed by atoms with Gasteiger partial charge in [0.05, 0.1) is 6.10 Å². The highest BCUT2D eigenvalue weighted by Crippen LogP contribution is 2.38. The summed E-state index contributed by atoms with van der Waals surface area (Å²) in [7, 11) is -1.61. The van der Waals surface area contributed by atoms with E-state index < -0.39 is 8.32 Å². The highest BCUT2D eigenvalue weighted by molar-refractivity contribution is 6.74. The fraction of sp³-hybridized carbons (Fsp3) is 0.714. The second-order valence-electron chi connectivity index (χ2n) is 6.25. The van der Waals surface area contributed by atoms with E-state index in [9.17, 15) is 0 Å². The first-order valence-corrected chi connectivity index (χ1v) is 9.18. The Morgan fingerprint density at radius 3 is 2.56 bits per heavy atom. The van der Waals surface area contributed by atoms with E-state index in [1.807, 2.05) is 6.08 Å². The van der Waals surface area contributed by atoms with Gasteiger partial charge in [0, 0.05) is 0 Å². The van der Waals surface area contributed by atoms with Crippen molar-refractivity contribution in [3.05, 3.63) is 24.3 Å². The lowest BCUT2D eigenvalue weighted by Crippen LogP contribution is -2.43. The van der Waals surface area contributed by atoms with E-state index in [4.69, 9.17) is 4.43 Å². The first-order valence-electron chi connectivity index (χ1n) is 6.27. The summed E-state index contributed by atoms with van der Waals surface area (Å²) >= 11 is 0. The van der Waals surface area contributed by atoms with Gasteiger partial charge in [0.1, 0.15) is 0 Å². The van der Waals surface area contributed by atoms with Crippen LogP contribution < -0.4 is 0 Å². The zero-order valence-corrected chi connectivity index (χ0v) is 12.5. The predicted molar refractivity (Wildman–Crippen MR) is 74.2 cm³/mol. The van der Waals surface area contributed by atoms with Gasteiger partial charge in [-0.15, -0.1) is 0 Å². The fourth-order valence-corrected chi connectivity index (χ4v) is 3.03. The van der Waals surface area contributed by atoms with Gasteiger partial charge in [0.25, 0.3) is 0 Å². The van der Waals surface area contributed by atoms with Crippen molar-refractivity contribution in [2.45, 2.75) is 64.3 Å². The van der Waals surface area contributed by atoms with Crippen LogP contribution >= 0.6 is 0 Å². The molecule has 1 rings (SSSR count). The van der Waals surface area contributed by atoms with Gasteiger partial charge >= 0.3 is 0 Å². The van der Waals surface area contributed by atoms with Gasteiger partial charge in [-0.1, -0.05) is 45.1 Å². The molecule has 1 atom stereocenters. The van der Waals surface area contributed by atoms with Gasteiger partial charge in [0.15, 0.2) is 8.32 Å². The van der Waals surface area contributed by atoms with Crippen molar-refractivity contribution in [1.29, 1.82) is 0 Å². The molecule has 0 saturated carbocycles. The Morgan fingerprint density at radius 2 is 2.06 bits per heavy atom. The first-order chi connectivity index (χ1) is 7.26. The quantitative estimate of drug-likeness (QED) is 0.649. The fourth-order valence-electron chi connectivity index (χ4n) is 1.73. The Hall–Kier alpha value is -0.343. The molecule has 0 aliphatic heterocycles. The summed E-state index contributed by atoms with van der Waals surface area (Å²) in [6, 6.07) is 0. The zero-order valence-electron chi connectivity index (χ0n) is 11.5. The average molecular weight is 238 g/mol. The van der Waals surface area contributed by atoms with Crippen LogP contribution in [-0.2, 0) is 4.43 Å². The molecule has 1 aliphatic carbocycles. The molecule has 1 aliphatic rings. The second-order valence-corrected chi connectivity index (χ2v) is 11.0. The van der Waals surface area contributed by atoms with Gasteiger partial charge < -0.3 is 4.43 Å². The summed E-state index contributed by atoms with van der Waals surface area (Å²) < 4.78 is 6.39. The molecule has 0 saturated heterocycles. The van der Waals surface area contributed by atoms with Crippen LogP contribution in [-0.4, -0.2) is 14.4 Å². The van der Waals surface area contributed by atoms with Gasteiger partial charge in [-0.05, 0) is 37.4 Å². The van der Waals surface area contributed by atoms with Crippen molar-refractivity contribution in [1.82, 2.24) is 0 Å². The average Bonchev–Trinajstić information content (AvgIpc) is 2.15. The van der Waals surface area contributed by atoms with Crippen molar-refractivity contribution in [2.75, 3.05) is 0 Å². The van der Waals surface area contributed by atoms with Crippen molar-refractivity contribution < 1.29 is 4.43 Å². The molecule has 2 heteroatoms. The predicted octanol–water partition coefficient (Wildman–Crippen LogP) is 4.67. The molecule has 0 aromatic carbocycles. The largest absolute Gasteiger partial charge is 0.411 e. The third-order valence-corrected chi connectivity index (χ3v) is 8.37. The summed E-state index contributed by atoms with van der Waals surface area (Å²) in [5, 5.41) is 0.298. The molecule has 16 heavy (non-hydrogen) atoms. The maximum absolute atomic E-state index is 6.39. The molecule has 92 valence electrons. The van der Waals surface area contributed by atoms with Gasteiger partial charge in [-0.2, -0.15) is 0 Å². The maximum atomic E-state index is 6.39. The minimum absolute atomic E-state index is 0.298. The molecule has 0 radical (unpaired) electrons. The van der Waals surface area contributed by atoms with Crippen LogP contribution in [0.3, 0.4) is 0 Å². The maximum Gasteiger partial charge on any atom is 0.192 e. The van der Waals surface area contributed by atoms with Crippen LogP contribution in [0.1, 0.15) is 40.0 Å². The standard InChI is InChI=1S/C14H26OSi/c1-7-12-9-8-10-13(11-12)15-16(5,6)14(2,3)4/h7,11,13H,1,8-10H2,2-6H3/t13-/m1/s1. The molecule has 0 bridgehead atoms. The van der Waals surface area contributed by atoms with E-state index in [1.165, 1.54) is 24.8 Å². The topological polar surface area (TPSA) is 9.23 Å². The Labute approximate surface area is 102 Å². The van der Waals surface area contributed by atoms with Crippen LogP contribution in [0.2, 0.25) is 18.1 Å². The van der Waals surface area contributed by atoms with E-state index in [2.05, 4.69) is 46.5 Å². The SMILES string of the molecule is C=CC1=C[C@H](O[Si](C)(C)C(C)(C)C)CCC1. The van der Waals surface area contributed by atoms with Crippen molar-refractivity contribution in [2.24, 2.45) is 0 Å². The van der Waals surface area contributed by atoms with Crippen molar-refractivity contribution in [3.8, 4) is 0 Å². The molecule has 0 fully saturated rings. The minimum Gasteiger partial charge on any atom is -0.411 e. The van der Waals surface area contributed by atoms with Crippen molar-refractivity contribution in [3.63, 3.8) is 0 Å². The Morgan fingerprint density at radius 1 is 1.44 bits per heavy atom. The zero-order chi connectivity index (χ0) is 12.4. The third kappa shape index (κ3) is 3.32. The molecule has 0 aromatic rings. The Kier molecular flexibility index (Phi) is 4.19. The van der Waals surface area contributed by atoms with E-state index in [0.29, 0.717) is 11.1 Å². The summed E-state index contributed by atoms with van der Waals surface area (Å²) in [6.07, 6.45) is 8.14. The summed E-state index contributed by atoms with van der Waals surface area (Å²) in [4.78, 5) is 0. The normalized spacial score (nSPS) is 22.8. The van der Waals surface area contributed by atoms with Crippen LogP contribution in [0.25, 0.3) is 0 Å². The van der Waals surface area contributed by atoms with E-state index in [0.717, 1.165) is 0 Å². The smallest absolute Gasteiger partial charge is 0.192 e. The lowest BCUT2D eigenvalue weighted by Gasteiger charge is -2.39. The number of hydrogen-bond donors (Lipinski definition) is 0. The van der Waals surface area contributed by atoms with E-state index >= 15 is 0 Å². The molecule has 0 N–H and O–H groups in total. The van der Waals surface area contributed by atoms with Crippen LogP contribution in [0, 0.1) is 0 Å². The van der Waals surface area contributed by atoms with Gasteiger partial charge in [-0.3, -0.25) is 0 Å². The number of rotatable bonds is 3. The highest BCUT2D eigenvalue weighted by Gasteiger charge is 2.38. The molecular formula is C14H26OSi. The van der Waals surface area contributed by atoms with E-state index in [-0.39, 0.29) is 0 Å². The third-order valence-electron chi connectivity index (χ3n) is 3.87. The lowest BCUT2D eigenvalue weighted by molar-refractivity contribution is 0.206. The van der Waals surface area contributed by atoms with Gasteiger partial charge in [0.2, 0.25) is 0 Å². The number of hydrogen-bond acceptors (Lipinski definition) is 1. The molecule has 0 spiro atoms. The van der Waals surface area contributed by atoms with Gasteiger partial charge in [-0.25, -0.2) is 0 Å². The van der Waals surface area contributed by atoms with Crippen LogP contribution in [0.5, 0.6) is 0 Å². The Balaban J connectivity index is 2.71. The summed E-state index contributed by atoms with van der Waals surface area (Å²) in [5.41, 5.74) is 1.36. The lowest BCUT2D eigenvalue weighted by atomic mass is 9.98. The van der Waals surface area contributed by atoms with Crippen LogP contribution in [0.15, 0.2) is 24.3 Å².